The molecule has 0 fully saturated rings. The summed E-state index contributed by atoms with van der Waals surface area (Å²) < 4.78 is 0. The number of rotatable bonds is 0. The molecule has 0 aliphatic carbocycles. The first-order valence-corrected chi connectivity index (χ1v) is 8.87. The molecule has 0 saturated carbocycles. The Labute approximate surface area is 36.9 Å². The van der Waals surface area contributed by atoms with Crippen LogP contribution in [0.2, 0.25) is 11.5 Å². The van der Waals surface area contributed by atoms with E-state index in [1.54, 1.807) is 0 Å². The van der Waals surface area contributed by atoms with Crippen molar-refractivity contribution in [1.29, 1.82) is 0 Å². The molecule has 0 amide bonds. The molecule has 1 heteroatoms. The molecule has 30 valence electrons. The quantitative estimate of drug-likeness (QED) is 0.436. The minimum atomic E-state index is -1.50. The molecule has 0 heterocycles. The van der Waals surface area contributed by atoms with E-state index in [1.165, 1.54) is 0 Å². The van der Waals surface area contributed by atoms with Crippen LogP contribution in [-0.2, 0) is 0 Å². The fourth-order valence-corrected chi connectivity index (χ4v) is 0. The van der Waals surface area contributed by atoms with Gasteiger partial charge in [-0.25, -0.2) is 0 Å². The van der Waals surface area contributed by atoms with Gasteiger partial charge in [0.25, 0.3) is 0 Å². The van der Waals surface area contributed by atoms with Gasteiger partial charge in [0.1, 0.15) is 0 Å². The van der Waals surface area contributed by atoms with Gasteiger partial charge in [0.05, 0.1) is 0 Å². The second-order valence-electron chi connectivity index (χ2n) is 2.16. The summed E-state index contributed by atoms with van der Waals surface area (Å²) in [7, 11) is 0. The Kier molecular flexibility index (Phi) is 1.48. The Morgan fingerprint density at radius 2 is 1.20 bits per heavy atom. The average molecular weight is 131 g/mol. The Balaban J connectivity index is 3.02. The maximum atomic E-state index is 3.85. The average Bonchev–Trinajstić information content (AvgIpc) is 0.722. The van der Waals surface area contributed by atoms with Gasteiger partial charge >= 0.3 is 36.3 Å². The van der Waals surface area contributed by atoms with Crippen LogP contribution in [0.5, 0.6) is 0 Å². The SMILES string of the molecule is [CH2][Ge]([CH2])([CH3])[CH3]. The van der Waals surface area contributed by atoms with Crippen LogP contribution in [0.15, 0.2) is 0 Å². The van der Waals surface area contributed by atoms with Crippen molar-refractivity contribution in [3.8, 4) is 0 Å². The van der Waals surface area contributed by atoms with Crippen molar-refractivity contribution in [2.75, 3.05) is 0 Å². The standard InChI is InChI=1S/C4H10Ge/c1-5(2,3)4/h1-2H2,3-4H3. The van der Waals surface area contributed by atoms with Crippen molar-refractivity contribution < 1.29 is 0 Å². The molecule has 0 rings (SSSR count). The Hall–Kier alpha value is 0.543. The molecule has 0 saturated heterocycles. The van der Waals surface area contributed by atoms with E-state index >= 15 is 0 Å². The molecule has 0 atom stereocenters. The van der Waals surface area contributed by atoms with E-state index in [9.17, 15) is 0 Å². The molecular weight excluding hydrogens is 121 g/mol. The molecular formula is C4H10Ge. The first-order valence-electron chi connectivity index (χ1n) is 1.71. The minimum absolute atomic E-state index is 1.50. The predicted molar refractivity (Wildman–Crippen MR) is 28.2 cm³/mol. The molecule has 0 aromatic heterocycles. The number of hydrogen-bond donors (Lipinski definition) is 0. The third-order valence-corrected chi connectivity index (χ3v) is 0. The third-order valence-electron chi connectivity index (χ3n) is 0. The van der Waals surface area contributed by atoms with Crippen LogP contribution < -0.4 is 0 Å². The molecule has 0 spiro atoms. The van der Waals surface area contributed by atoms with Crippen LogP contribution in [0.3, 0.4) is 0 Å². The molecule has 0 N–H and O–H groups in total. The predicted octanol–water partition coefficient (Wildman–Crippen LogP) is 1.44. The Morgan fingerprint density at radius 3 is 1.20 bits per heavy atom. The molecule has 0 aromatic rings. The zero-order valence-corrected chi connectivity index (χ0v) is 6.01. The molecule has 0 aliphatic heterocycles. The van der Waals surface area contributed by atoms with Gasteiger partial charge in [0.2, 0.25) is 0 Å². The van der Waals surface area contributed by atoms with Crippen molar-refractivity contribution in [2.45, 2.75) is 11.5 Å². The van der Waals surface area contributed by atoms with Crippen LogP contribution in [-0.4, -0.2) is 13.3 Å². The molecule has 5 heavy (non-hydrogen) atoms. The second kappa shape index (κ2) is 1.33. The summed E-state index contributed by atoms with van der Waals surface area (Å²) >= 11 is -1.50. The van der Waals surface area contributed by atoms with E-state index < -0.39 is 13.3 Å². The zero-order valence-electron chi connectivity index (χ0n) is 3.91. The molecule has 0 aliphatic rings. The van der Waals surface area contributed by atoms with Gasteiger partial charge in [-0.05, 0) is 0 Å². The van der Waals surface area contributed by atoms with Crippen molar-refractivity contribution in [2.24, 2.45) is 0 Å². The van der Waals surface area contributed by atoms with Crippen molar-refractivity contribution >= 4 is 13.3 Å². The summed E-state index contributed by atoms with van der Waals surface area (Å²) in [5, 5.41) is 0. The van der Waals surface area contributed by atoms with E-state index in [-0.39, 0.29) is 0 Å². The van der Waals surface area contributed by atoms with E-state index in [2.05, 4.69) is 23.0 Å². The maximum absolute atomic E-state index is 3.85. The molecule has 0 bridgehead atoms. The summed E-state index contributed by atoms with van der Waals surface area (Å²) in [6, 6.07) is 0. The van der Waals surface area contributed by atoms with Gasteiger partial charge < -0.3 is 0 Å². The van der Waals surface area contributed by atoms with Gasteiger partial charge in [-0.3, -0.25) is 0 Å². The van der Waals surface area contributed by atoms with E-state index in [0.29, 0.717) is 0 Å². The van der Waals surface area contributed by atoms with Gasteiger partial charge in [0.15, 0.2) is 0 Å². The van der Waals surface area contributed by atoms with Crippen molar-refractivity contribution in [3.05, 3.63) is 11.5 Å². The molecule has 2 radical (unpaired) electrons. The van der Waals surface area contributed by atoms with E-state index in [4.69, 9.17) is 0 Å². The van der Waals surface area contributed by atoms with Gasteiger partial charge in [0, 0.05) is 0 Å². The Bertz CT molecular complexity index is 19.1. The van der Waals surface area contributed by atoms with Gasteiger partial charge in [-0.1, -0.05) is 0 Å². The topological polar surface area (TPSA) is 0 Å². The zero-order chi connectivity index (χ0) is 4.50. The van der Waals surface area contributed by atoms with E-state index in [1.807, 2.05) is 0 Å². The Morgan fingerprint density at radius 1 is 1.20 bits per heavy atom. The summed E-state index contributed by atoms with van der Waals surface area (Å²) in [6.07, 6.45) is 0. The second-order valence-corrected chi connectivity index (χ2v) is 11.2. The summed E-state index contributed by atoms with van der Waals surface area (Å²) in [5.41, 5.74) is 0. The van der Waals surface area contributed by atoms with Crippen molar-refractivity contribution in [3.63, 3.8) is 0 Å². The normalized spacial score (nSPS) is 12.0. The van der Waals surface area contributed by atoms with E-state index in [0.717, 1.165) is 0 Å². The van der Waals surface area contributed by atoms with Gasteiger partial charge in [-0.15, -0.1) is 0 Å². The summed E-state index contributed by atoms with van der Waals surface area (Å²) in [5.74, 6) is 12.0. The summed E-state index contributed by atoms with van der Waals surface area (Å²) in [4.78, 5) is 0. The molecule has 0 unspecified atom stereocenters. The van der Waals surface area contributed by atoms with Gasteiger partial charge in [-0.2, -0.15) is 0 Å². The fraction of sp³-hybridized carbons (Fsp3) is 0.500. The third kappa shape index (κ3) is 99.7. The first kappa shape index (κ1) is 5.54. The van der Waals surface area contributed by atoms with Crippen molar-refractivity contribution in [1.82, 2.24) is 0 Å². The van der Waals surface area contributed by atoms with Crippen LogP contribution in [0.4, 0.5) is 0 Å². The molecule has 0 nitrogen and oxygen atoms in total. The monoisotopic (exact) mass is 132 g/mol. The first-order chi connectivity index (χ1) is 2.00. The van der Waals surface area contributed by atoms with Crippen LogP contribution in [0.25, 0.3) is 0 Å². The van der Waals surface area contributed by atoms with Crippen LogP contribution in [0, 0.1) is 11.5 Å². The fourth-order valence-electron chi connectivity index (χ4n) is 0. The van der Waals surface area contributed by atoms with Crippen LogP contribution >= 0.6 is 0 Å². The summed E-state index contributed by atoms with van der Waals surface area (Å²) in [6.45, 7) is 0. The van der Waals surface area contributed by atoms with Crippen LogP contribution in [0.1, 0.15) is 0 Å². The molecule has 0 aromatic carbocycles. The number of hydrogen-bond acceptors (Lipinski definition) is 0.